The standard InChI is InChI=1S/C13H9NO4/c1-18-14-12(16)9-4-2-3-7-5-8(15)6-10(11(7)9)13(14)17/h2-6,15H,1H3. The minimum atomic E-state index is -0.567. The van der Waals surface area contributed by atoms with Gasteiger partial charge in [0, 0.05) is 5.39 Å². The molecule has 0 atom stereocenters. The molecule has 90 valence electrons. The van der Waals surface area contributed by atoms with E-state index in [2.05, 4.69) is 0 Å². The molecule has 18 heavy (non-hydrogen) atoms. The fraction of sp³-hybridized carbons (Fsp3) is 0.0769. The topological polar surface area (TPSA) is 66.8 Å². The molecule has 2 amide bonds. The number of carbonyl (C=O) groups is 2. The maximum atomic E-state index is 12.1. The Kier molecular flexibility index (Phi) is 2.11. The molecule has 0 aromatic heterocycles. The molecule has 0 saturated carbocycles. The van der Waals surface area contributed by atoms with Crippen molar-refractivity contribution in [2.75, 3.05) is 7.11 Å². The first-order valence-electron chi connectivity index (χ1n) is 5.32. The predicted octanol–water partition coefficient (Wildman–Crippen LogP) is 1.70. The van der Waals surface area contributed by atoms with Crippen molar-refractivity contribution < 1.29 is 19.5 Å². The SMILES string of the molecule is CON1C(=O)c2cccc3cc(O)cc(c23)C1=O. The zero-order valence-corrected chi connectivity index (χ0v) is 9.51. The molecule has 1 aliphatic heterocycles. The van der Waals surface area contributed by atoms with Crippen LogP contribution in [0.1, 0.15) is 20.7 Å². The fourth-order valence-electron chi connectivity index (χ4n) is 2.24. The summed E-state index contributed by atoms with van der Waals surface area (Å²) in [7, 11) is 1.25. The summed E-state index contributed by atoms with van der Waals surface area (Å²) in [6, 6.07) is 7.93. The Morgan fingerprint density at radius 2 is 1.83 bits per heavy atom. The molecule has 5 nitrogen and oxygen atoms in total. The van der Waals surface area contributed by atoms with Gasteiger partial charge in [0.2, 0.25) is 0 Å². The maximum absolute atomic E-state index is 12.1. The third kappa shape index (κ3) is 1.25. The van der Waals surface area contributed by atoms with Gasteiger partial charge in [-0.1, -0.05) is 12.1 Å². The first-order chi connectivity index (χ1) is 8.63. The number of benzene rings is 2. The monoisotopic (exact) mass is 243 g/mol. The highest BCUT2D eigenvalue weighted by Crippen LogP contribution is 2.32. The molecular formula is C13H9NO4. The normalized spacial score (nSPS) is 14.4. The fourth-order valence-corrected chi connectivity index (χ4v) is 2.24. The molecule has 0 unspecified atom stereocenters. The minimum Gasteiger partial charge on any atom is -0.508 e. The number of phenolic OH excluding ortho intramolecular Hbond substituents is 1. The third-order valence-electron chi connectivity index (χ3n) is 2.97. The largest absolute Gasteiger partial charge is 0.508 e. The first kappa shape index (κ1) is 10.7. The summed E-state index contributed by atoms with van der Waals surface area (Å²) >= 11 is 0. The van der Waals surface area contributed by atoms with Gasteiger partial charge < -0.3 is 5.11 Å². The van der Waals surface area contributed by atoms with Gasteiger partial charge in [-0.3, -0.25) is 14.4 Å². The molecule has 0 bridgehead atoms. The van der Waals surface area contributed by atoms with Crippen LogP contribution in [0.15, 0.2) is 30.3 Å². The van der Waals surface area contributed by atoms with Crippen LogP contribution in [0.5, 0.6) is 5.75 Å². The van der Waals surface area contributed by atoms with E-state index in [9.17, 15) is 14.7 Å². The van der Waals surface area contributed by atoms with E-state index in [1.54, 1.807) is 18.2 Å². The van der Waals surface area contributed by atoms with Crippen LogP contribution in [0.25, 0.3) is 10.8 Å². The quantitative estimate of drug-likeness (QED) is 0.774. The van der Waals surface area contributed by atoms with Crippen LogP contribution in [-0.2, 0) is 4.84 Å². The number of nitrogens with zero attached hydrogens (tertiary/aromatic N) is 1. The minimum absolute atomic E-state index is 0.0200. The van der Waals surface area contributed by atoms with Crippen molar-refractivity contribution in [3.05, 3.63) is 41.5 Å². The molecule has 0 aliphatic carbocycles. The lowest BCUT2D eigenvalue weighted by atomic mass is 9.95. The second-order valence-electron chi connectivity index (χ2n) is 3.98. The zero-order valence-electron chi connectivity index (χ0n) is 9.51. The van der Waals surface area contributed by atoms with Crippen molar-refractivity contribution in [3.63, 3.8) is 0 Å². The number of hydrogen-bond acceptors (Lipinski definition) is 4. The number of phenols is 1. The molecule has 1 aliphatic rings. The molecule has 3 rings (SSSR count). The predicted molar refractivity (Wildman–Crippen MR) is 63.1 cm³/mol. The molecule has 1 N–H and O–H groups in total. The Bertz CT molecular complexity index is 693. The Balaban J connectivity index is 2.45. The molecule has 0 radical (unpaired) electrons. The summed E-state index contributed by atoms with van der Waals surface area (Å²) in [4.78, 5) is 28.9. The highest BCUT2D eigenvalue weighted by atomic mass is 16.7. The van der Waals surface area contributed by atoms with E-state index in [-0.39, 0.29) is 11.3 Å². The van der Waals surface area contributed by atoms with Crippen LogP contribution >= 0.6 is 0 Å². The van der Waals surface area contributed by atoms with E-state index >= 15 is 0 Å². The van der Waals surface area contributed by atoms with Crippen LogP contribution in [0.4, 0.5) is 0 Å². The third-order valence-corrected chi connectivity index (χ3v) is 2.97. The number of aromatic hydroxyl groups is 1. The summed E-state index contributed by atoms with van der Waals surface area (Å²) in [5, 5.41) is 11.5. The van der Waals surface area contributed by atoms with Crippen molar-refractivity contribution in [2.24, 2.45) is 0 Å². The second-order valence-corrected chi connectivity index (χ2v) is 3.98. The van der Waals surface area contributed by atoms with Gasteiger partial charge in [0.25, 0.3) is 11.8 Å². The molecule has 0 spiro atoms. The average molecular weight is 243 g/mol. The van der Waals surface area contributed by atoms with E-state index in [1.807, 2.05) is 0 Å². The van der Waals surface area contributed by atoms with Crippen molar-refractivity contribution >= 4 is 22.6 Å². The van der Waals surface area contributed by atoms with Crippen LogP contribution < -0.4 is 0 Å². The van der Waals surface area contributed by atoms with E-state index in [4.69, 9.17) is 4.84 Å². The van der Waals surface area contributed by atoms with Crippen LogP contribution in [0.2, 0.25) is 0 Å². The molecule has 2 aromatic carbocycles. The Morgan fingerprint density at radius 1 is 1.11 bits per heavy atom. The number of carbonyl (C=O) groups excluding carboxylic acids is 2. The lowest BCUT2D eigenvalue weighted by Gasteiger charge is -2.24. The number of hydroxylamine groups is 2. The highest BCUT2D eigenvalue weighted by molar-refractivity contribution is 6.25. The van der Waals surface area contributed by atoms with Crippen molar-refractivity contribution in [2.45, 2.75) is 0 Å². The van der Waals surface area contributed by atoms with Gasteiger partial charge in [0.05, 0.1) is 18.2 Å². The van der Waals surface area contributed by atoms with E-state index in [1.165, 1.54) is 19.2 Å². The van der Waals surface area contributed by atoms with Crippen molar-refractivity contribution in [1.82, 2.24) is 5.06 Å². The molecule has 2 aromatic rings. The van der Waals surface area contributed by atoms with Gasteiger partial charge in [-0.15, -0.1) is 5.06 Å². The molecular weight excluding hydrogens is 234 g/mol. The Hall–Kier alpha value is -2.40. The Labute approximate surface area is 102 Å². The van der Waals surface area contributed by atoms with E-state index < -0.39 is 11.8 Å². The number of rotatable bonds is 1. The Morgan fingerprint density at radius 3 is 2.56 bits per heavy atom. The summed E-state index contributed by atoms with van der Waals surface area (Å²) in [5.41, 5.74) is 0.658. The van der Waals surface area contributed by atoms with Gasteiger partial charge in [-0.2, -0.15) is 0 Å². The number of amides is 2. The van der Waals surface area contributed by atoms with Crippen molar-refractivity contribution in [3.8, 4) is 5.75 Å². The lowest BCUT2D eigenvalue weighted by molar-refractivity contribution is -0.0689. The molecule has 1 heterocycles. The van der Waals surface area contributed by atoms with Crippen molar-refractivity contribution in [1.29, 1.82) is 0 Å². The van der Waals surface area contributed by atoms with Gasteiger partial charge in [-0.25, -0.2) is 0 Å². The van der Waals surface area contributed by atoms with Gasteiger partial charge in [-0.05, 0) is 23.6 Å². The van der Waals surface area contributed by atoms with Crippen LogP contribution in [0, 0.1) is 0 Å². The van der Waals surface area contributed by atoms with Gasteiger partial charge >= 0.3 is 0 Å². The van der Waals surface area contributed by atoms with Crippen LogP contribution in [0.3, 0.4) is 0 Å². The van der Waals surface area contributed by atoms with Crippen LogP contribution in [-0.4, -0.2) is 29.1 Å². The second kappa shape index (κ2) is 3.54. The maximum Gasteiger partial charge on any atom is 0.285 e. The molecule has 0 fully saturated rings. The zero-order chi connectivity index (χ0) is 12.9. The van der Waals surface area contributed by atoms with E-state index in [0.717, 1.165) is 0 Å². The lowest BCUT2D eigenvalue weighted by Crippen LogP contribution is -2.39. The average Bonchev–Trinajstić information content (AvgIpc) is 2.36. The summed E-state index contributed by atoms with van der Waals surface area (Å²) < 4.78 is 0. The first-order valence-corrected chi connectivity index (χ1v) is 5.32. The summed E-state index contributed by atoms with van der Waals surface area (Å²) in [6.45, 7) is 0. The smallest absolute Gasteiger partial charge is 0.285 e. The number of hydrogen-bond donors (Lipinski definition) is 1. The molecule has 0 saturated heterocycles. The van der Waals surface area contributed by atoms with Gasteiger partial charge in [0.15, 0.2) is 0 Å². The molecule has 5 heteroatoms. The summed E-state index contributed by atoms with van der Waals surface area (Å²) in [5.74, 6) is -1.08. The summed E-state index contributed by atoms with van der Waals surface area (Å²) in [6.07, 6.45) is 0. The highest BCUT2D eigenvalue weighted by Gasteiger charge is 2.33. The van der Waals surface area contributed by atoms with Gasteiger partial charge in [0.1, 0.15) is 5.75 Å². The number of imide groups is 1. The van der Waals surface area contributed by atoms with E-state index in [0.29, 0.717) is 21.4 Å².